The molecule has 0 saturated carbocycles. The van der Waals surface area contributed by atoms with Crippen LogP contribution in [0.4, 0.5) is 5.69 Å². The van der Waals surface area contributed by atoms with Gasteiger partial charge in [0, 0.05) is 30.9 Å². The third-order valence-corrected chi connectivity index (χ3v) is 10.5. The molecule has 2 bridgehead atoms. The molecule has 1 unspecified atom stereocenters. The molecule has 3 saturated heterocycles. The third-order valence-electron chi connectivity index (χ3n) is 9.34. The predicted octanol–water partition coefficient (Wildman–Crippen LogP) is 4.75. The van der Waals surface area contributed by atoms with Gasteiger partial charge in [0.2, 0.25) is 11.8 Å². The number of allylic oxidation sites excluding steroid dienone is 1. The number of hydrogen-bond donors (Lipinski definition) is 2. The molecule has 5 rings (SSSR count). The van der Waals surface area contributed by atoms with E-state index >= 15 is 0 Å². The fourth-order valence-electron chi connectivity index (χ4n) is 7.24. The average Bonchev–Trinajstić information content (AvgIpc) is 3.68. The normalized spacial score (nSPS) is 26.1. The van der Waals surface area contributed by atoms with E-state index in [4.69, 9.17) is 21.1 Å². The molecule has 3 heterocycles. The van der Waals surface area contributed by atoms with Crippen molar-refractivity contribution in [3.8, 4) is 0 Å². The second-order valence-electron chi connectivity index (χ2n) is 12.3. The van der Waals surface area contributed by atoms with Gasteiger partial charge in [0.1, 0.15) is 18.2 Å². The van der Waals surface area contributed by atoms with Crippen molar-refractivity contribution in [2.24, 2.45) is 11.8 Å². The molecule has 10 nitrogen and oxygen atoms in total. The Balaban J connectivity index is 1.48. The molecule has 2 aromatic carbocycles. The van der Waals surface area contributed by atoms with Gasteiger partial charge < -0.3 is 29.7 Å². The molecular weight excluding hydrogens is 702 g/mol. The number of carbonyl (C=O) groups excluding carboxylic acids is 4. The Labute approximate surface area is 294 Å². The molecule has 2 N–H and O–H groups in total. The fourth-order valence-corrected chi connectivity index (χ4v) is 8.42. The Hall–Kier alpha value is -3.51. The molecule has 7 atom stereocenters. The number of ether oxygens (including phenoxy) is 2. The number of anilines is 1. The van der Waals surface area contributed by atoms with Crippen LogP contribution in [0.1, 0.15) is 43.7 Å². The minimum absolute atomic E-state index is 0.0659. The number of esters is 1. The van der Waals surface area contributed by atoms with Crippen LogP contribution in [0, 0.1) is 11.8 Å². The van der Waals surface area contributed by atoms with Crippen molar-refractivity contribution in [3.63, 3.8) is 0 Å². The number of rotatable bonds is 16. The summed E-state index contributed by atoms with van der Waals surface area (Å²) >= 11 is 10.3. The van der Waals surface area contributed by atoms with Crippen molar-refractivity contribution in [2.75, 3.05) is 31.2 Å². The summed E-state index contributed by atoms with van der Waals surface area (Å²) in [4.78, 5) is 58.5. The first-order chi connectivity index (χ1) is 23.2. The summed E-state index contributed by atoms with van der Waals surface area (Å²) in [7, 11) is 0. The maximum absolute atomic E-state index is 14.7. The van der Waals surface area contributed by atoms with Crippen molar-refractivity contribution in [1.29, 1.82) is 0 Å². The second kappa shape index (κ2) is 15.8. The van der Waals surface area contributed by atoms with E-state index in [2.05, 4.69) is 34.4 Å². The number of benzene rings is 2. The Kier molecular flexibility index (Phi) is 11.8. The lowest BCUT2D eigenvalue weighted by molar-refractivity contribution is -0.145. The van der Waals surface area contributed by atoms with Gasteiger partial charge in [0.25, 0.3) is 5.91 Å². The van der Waals surface area contributed by atoms with Crippen LogP contribution in [0.2, 0.25) is 5.02 Å². The van der Waals surface area contributed by atoms with Gasteiger partial charge in [-0.3, -0.25) is 19.2 Å². The summed E-state index contributed by atoms with van der Waals surface area (Å²) in [6, 6.07) is 14.4. The SMILES string of the molecule is C=CCCC(=O)OC[C@@H](NC(=O)[C@@H]1[C@H]2O[C@@]3(CC2Br)[C@H](C(=O)N(CC=C)c2ccccc2Cl)N(CCCCO)C(=O)[C@@H]13)c1ccccc1. The van der Waals surface area contributed by atoms with Crippen molar-refractivity contribution in [1.82, 2.24) is 10.2 Å². The molecule has 48 heavy (non-hydrogen) atoms. The molecule has 2 aromatic rings. The Morgan fingerprint density at radius 1 is 1.15 bits per heavy atom. The molecular formula is C36H41BrClN3O7. The van der Waals surface area contributed by atoms with E-state index in [1.165, 1.54) is 9.80 Å². The number of halogens is 2. The zero-order valence-corrected chi connectivity index (χ0v) is 29.0. The van der Waals surface area contributed by atoms with E-state index in [-0.39, 0.29) is 43.5 Å². The lowest BCUT2D eigenvalue weighted by Gasteiger charge is -2.37. The number of hydrogen-bond acceptors (Lipinski definition) is 7. The quantitative estimate of drug-likeness (QED) is 0.110. The lowest BCUT2D eigenvalue weighted by atomic mass is 9.70. The molecule has 0 aliphatic carbocycles. The highest BCUT2D eigenvalue weighted by atomic mass is 79.9. The van der Waals surface area contributed by atoms with Crippen molar-refractivity contribution in [2.45, 2.75) is 60.7 Å². The smallest absolute Gasteiger partial charge is 0.306 e. The molecule has 3 aliphatic heterocycles. The first kappa shape index (κ1) is 35.8. The standard InChI is InChI=1S/C36H41BrClN3O7/c1-3-5-17-28(43)47-22-26(23-13-7-6-8-14-23)39-33(44)29-30-34(45)41(19-11-12-20-42)32(36(30)21-24(37)31(29)48-36)35(46)40(18-4-2)27-16-10-9-15-25(27)38/h3-4,6-10,13-16,24,26,29-32,42H,1-2,5,11-12,17-22H2,(H,39,44)/t24?,26-,29+,30-,31+,32+,36-/m1/s1. The molecule has 3 fully saturated rings. The molecule has 1 spiro atoms. The van der Waals surface area contributed by atoms with Crippen LogP contribution < -0.4 is 10.2 Å². The van der Waals surface area contributed by atoms with Crippen molar-refractivity contribution in [3.05, 3.63) is 90.5 Å². The Morgan fingerprint density at radius 2 is 1.88 bits per heavy atom. The molecule has 3 aliphatic rings. The number of nitrogens with zero attached hydrogens (tertiary/aromatic N) is 2. The number of para-hydroxylation sites is 1. The zero-order valence-electron chi connectivity index (χ0n) is 26.6. The van der Waals surface area contributed by atoms with E-state index in [0.29, 0.717) is 36.4 Å². The van der Waals surface area contributed by atoms with Gasteiger partial charge in [-0.1, -0.05) is 82.1 Å². The number of nitrogens with one attached hydrogen (secondary N) is 1. The van der Waals surface area contributed by atoms with Crippen LogP contribution >= 0.6 is 27.5 Å². The topological polar surface area (TPSA) is 125 Å². The van der Waals surface area contributed by atoms with Gasteiger partial charge in [-0.25, -0.2) is 0 Å². The maximum Gasteiger partial charge on any atom is 0.306 e. The summed E-state index contributed by atoms with van der Waals surface area (Å²) in [5.74, 6) is -3.46. The summed E-state index contributed by atoms with van der Waals surface area (Å²) in [5.41, 5.74) is -0.0982. The monoisotopic (exact) mass is 741 g/mol. The van der Waals surface area contributed by atoms with E-state index in [9.17, 15) is 24.3 Å². The maximum atomic E-state index is 14.7. The van der Waals surface area contributed by atoms with Crippen molar-refractivity contribution >= 4 is 56.9 Å². The van der Waals surface area contributed by atoms with Gasteiger partial charge in [0.05, 0.1) is 34.7 Å². The van der Waals surface area contributed by atoms with Crippen LogP contribution in [0.3, 0.4) is 0 Å². The van der Waals surface area contributed by atoms with Gasteiger partial charge >= 0.3 is 5.97 Å². The highest BCUT2D eigenvalue weighted by Gasteiger charge is 2.76. The largest absolute Gasteiger partial charge is 0.463 e. The van der Waals surface area contributed by atoms with Gasteiger partial charge in [-0.2, -0.15) is 0 Å². The van der Waals surface area contributed by atoms with Crippen LogP contribution in [0.15, 0.2) is 79.9 Å². The average molecular weight is 743 g/mol. The second-order valence-corrected chi connectivity index (χ2v) is 13.9. The number of amides is 3. The van der Waals surface area contributed by atoms with Crippen LogP contribution in [-0.4, -0.2) is 82.6 Å². The Bertz CT molecular complexity index is 1530. The number of likely N-dealkylation sites (tertiary alicyclic amines) is 1. The lowest BCUT2D eigenvalue weighted by Crippen LogP contribution is -2.57. The van der Waals surface area contributed by atoms with E-state index < -0.39 is 53.4 Å². The van der Waals surface area contributed by atoms with E-state index in [1.54, 1.807) is 36.4 Å². The predicted molar refractivity (Wildman–Crippen MR) is 185 cm³/mol. The molecule has 0 radical (unpaired) electrons. The zero-order chi connectivity index (χ0) is 34.4. The summed E-state index contributed by atoms with van der Waals surface area (Å²) in [6.45, 7) is 7.64. The number of fused-ring (bicyclic) bond motifs is 1. The van der Waals surface area contributed by atoms with Gasteiger partial charge in [-0.15, -0.1) is 13.2 Å². The number of aliphatic hydroxyl groups is 1. The van der Waals surface area contributed by atoms with Gasteiger partial charge in [0.15, 0.2) is 0 Å². The number of alkyl halides is 1. The highest BCUT2D eigenvalue weighted by molar-refractivity contribution is 9.09. The molecule has 3 amide bonds. The fraction of sp³-hybridized carbons (Fsp3) is 0.444. The number of carbonyl (C=O) groups is 4. The molecule has 0 aromatic heterocycles. The highest BCUT2D eigenvalue weighted by Crippen LogP contribution is 2.60. The number of aliphatic hydroxyl groups excluding tert-OH is 1. The Morgan fingerprint density at radius 3 is 2.56 bits per heavy atom. The minimum Gasteiger partial charge on any atom is -0.463 e. The summed E-state index contributed by atoms with van der Waals surface area (Å²) in [6.07, 6.45) is 4.39. The first-order valence-corrected chi connectivity index (χ1v) is 17.5. The first-order valence-electron chi connectivity index (χ1n) is 16.2. The van der Waals surface area contributed by atoms with Crippen LogP contribution in [0.25, 0.3) is 0 Å². The van der Waals surface area contributed by atoms with E-state index in [1.807, 2.05) is 30.3 Å². The van der Waals surface area contributed by atoms with Gasteiger partial charge in [-0.05, 0) is 43.4 Å². The number of unbranched alkanes of at least 4 members (excludes halogenated alkanes) is 1. The minimum atomic E-state index is -1.30. The molecule has 12 heteroatoms. The van der Waals surface area contributed by atoms with Crippen molar-refractivity contribution < 1.29 is 33.8 Å². The summed E-state index contributed by atoms with van der Waals surface area (Å²) < 4.78 is 12.2. The van der Waals surface area contributed by atoms with Crippen LogP contribution in [0.5, 0.6) is 0 Å². The van der Waals surface area contributed by atoms with E-state index in [0.717, 1.165) is 5.56 Å². The summed E-state index contributed by atoms with van der Waals surface area (Å²) in [5, 5.41) is 12.9. The third kappa shape index (κ3) is 6.96. The van der Waals surface area contributed by atoms with Crippen LogP contribution in [-0.2, 0) is 28.7 Å². The molecule has 256 valence electrons.